The number of nitrogens with zero attached hydrogens (tertiary/aromatic N) is 4. The number of carbonyl (C=O) groups is 1. The second-order valence-corrected chi connectivity index (χ2v) is 6.47. The van der Waals surface area contributed by atoms with Crippen LogP contribution in [0.25, 0.3) is 0 Å². The van der Waals surface area contributed by atoms with Gasteiger partial charge in [0.2, 0.25) is 5.76 Å². The number of aryl methyl sites for hydroxylation is 1. The van der Waals surface area contributed by atoms with Crippen LogP contribution in [0.3, 0.4) is 0 Å². The molecule has 1 aliphatic rings. The van der Waals surface area contributed by atoms with Crippen LogP contribution < -0.4 is 5.32 Å². The van der Waals surface area contributed by atoms with E-state index >= 15 is 0 Å². The molecular formula is C18H25N5O2. The van der Waals surface area contributed by atoms with Crippen LogP contribution in [0.4, 0.5) is 5.82 Å². The second kappa shape index (κ2) is 8.09. The van der Waals surface area contributed by atoms with E-state index in [4.69, 9.17) is 4.52 Å². The van der Waals surface area contributed by atoms with Crippen molar-refractivity contribution < 1.29 is 9.32 Å². The molecule has 7 nitrogen and oxygen atoms in total. The van der Waals surface area contributed by atoms with Gasteiger partial charge < -0.3 is 14.7 Å². The van der Waals surface area contributed by atoms with Crippen LogP contribution in [0.1, 0.15) is 48.1 Å². The highest BCUT2D eigenvalue weighted by molar-refractivity contribution is 5.91. The maximum Gasteiger partial charge on any atom is 0.292 e. The molecule has 0 bridgehead atoms. The Morgan fingerprint density at radius 2 is 2.16 bits per heavy atom. The molecule has 7 heteroatoms. The van der Waals surface area contributed by atoms with Crippen LogP contribution in [0, 0.1) is 5.92 Å². The Morgan fingerprint density at radius 1 is 1.28 bits per heavy atom. The Labute approximate surface area is 147 Å². The molecule has 0 saturated carbocycles. The molecule has 1 atom stereocenters. The number of hydrogen-bond acceptors (Lipinski definition) is 6. The Kier molecular flexibility index (Phi) is 5.63. The summed E-state index contributed by atoms with van der Waals surface area (Å²) in [6.45, 7) is 3.50. The van der Waals surface area contributed by atoms with Crippen LogP contribution in [-0.2, 0) is 12.8 Å². The Balaban J connectivity index is 1.56. The minimum absolute atomic E-state index is 0.0500. The van der Waals surface area contributed by atoms with Crippen molar-refractivity contribution in [2.45, 2.75) is 39.0 Å². The number of rotatable bonds is 5. The molecule has 1 amide bonds. The van der Waals surface area contributed by atoms with Gasteiger partial charge in [0.05, 0.1) is 23.8 Å². The van der Waals surface area contributed by atoms with Crippen LogP contribution >= 0.6 is 0 Å². The minimum atomic E-state index is -0.0500. The van der Waals surface area contributed by atoms with E-state index in [0.717, 1.165) is 62.4 Å². The van der Waals surface area contributed by atoms with Crippen molar-refractivity contribution in [2.24, 2.45) is 5.92 Å². The third kappa shape index (κ3) is 4.35. The molecule has 0 unspecified atom stereocenters. The summed E-state index contributed by atoms with van der Waals surface area (Å²) in [5.41, 5.74) is 1.83. The summed E-state index contributed by atoms with van der Waals surface area (Å²) in [6, 6.07) is 1.75. The summed E-state index contributed by atoms with van der Waals surface area (Å²) in [5.74, 6) is 1.60. The standard InChI is InChI=1S/C18H25N5O2/c1-3-14-10-16(25-22-14)18(24)23-7-4-5-13(6-8-23)9-15-11-21-17(19-2)12-20-15/h10-13H,3-9H2,1-2H3,(H,19,21)/t13-/m1/s1. The monoisotopic (exact) mass is 343 g/mol. The lowest BCUT2D eigenvalue weighted by Gasteiger charge is -2.19. The molecule has 0 spiro atoms. The maximum absolute atomic E-state index is 12.6. The molecule has 134 valence electrons. The Hall–Kier alpha value is -2.44. The number of nitrogens with one attached hydrogen (secondary N) is 1. The molecule has 2 aromatic rings. The van der Waals surface area contributed by atoms with Crippen LogP contribution in [0.15, 0.2) is 23.0 Å². The fourth-order valence-electron chi connectivity index (χ4n) is 3.19. The van der Waals surface area contributed by atoms with Crippen molar-refractivity contribution in [3.63, 3.8) is 0 Å². The molecule has 1 fully saturated rings. The zero-order valence-corrected chi connectivity index (χ0v) is 14.9. The molecule has 0 radical (unpaired) electrons. The van der Waals surface area contributed by atoms with Gasteiger partial charge in [-0.05, 0) is 38.0 Å². The van der Waals surface area contributed by atoms with E-state index in [2.05, 4.69) is 20.4 Å². The molecule has 0 aromatic carbocycles. The van der Waals surface area contributed by atoms with Gasteiger partial charge >= 0.3 is 0 Å². The van der Waals surface area contributed by atoms with Gasteiger partial charge in [-0.25, -0.2) is 4.98 Å². The number of hydrogen-bond donors (Lipinski definition) is 1. The predicted octanol–water partition coefficient (Wildman–Crippen LogP) is 2.55. The first-order valence-electron chi connectivity index (χ1n) is 8.93. The second-order valence-electron chi connectivity index (χ2n) is 6.47. The lowest BCUT2D eigenvalue weighted by atomic mass is 9.95. The third-order valence-electron chi connectivity index (χ3n) is 4.73. The lowest BCUT2D eigenvalue weighted by Crippen LogP contribution is -2.31. The Bertz CT molecular complexity index is 698. The van der Waals surface area contributed by atoms with Gasteiger partial charge in [-0.3, -0.25) is 9.78 Å². The normalized spacial score (nSPS) is 18.0. The maximum atomic E-state index is 12.6. The average Bonchev–Trinajstić information content (AvgIpc) is 3.02. The topological polar surface area (TPSA) is 84.2 Å². The Morgan fingerprint density at radius 3 is 2.84 bits per heavy atom. The first kappa shape index (κ1) is 17.4. The molecule has 1 N–H and O–H groups in total. The van der Waals surface area contributed by atoms with Gasteiger partial charge in [-0.1, -0.05) is 12.1 Å². The molecular weight excluding hydrogens is 318 g/mol. The summed E-state index contributed by atoms with van der Waals surface area (Å²) in [7, 11) is 1.83. The molecule has 1 aliphatic heterocycles. The number of anilines is 1. The number of carbonyl (C=O) groups excluding carboxylic acids is 1. The van der Waals surface area contributed by atoms with Crippen molar-refractivity contribution in [3.8, 4) is 0 Å². The van der Waals surface area contributed by atoms with E-state index in [-0.39, 0.29) is 5.91 Å². The third-order valence-corrected chi connectivity index (χ3v) is 4.73. The van der Waals surface area contributed by atoms with Crippen molar-refractivity contribution in [2.75, 3.05) is 25.5 Å². The largest absolute Gasteiger partial charge is 0.372 e. The summed E-state index contributed by atoms with van der Waals surface area (Å²) in [6.07, 6.45) is 8.32. The van der Waals surface area contributed by atoms with E-state index in [1.54, 1.807) is 12.3 Å². The van der Waals surface area contributed by atoms with E-state index in [1.165, 1.54) is 0 Å². The highest BCUT2D eigenvalue weighted by Crippen LogP contribution is 2.22. The highest BCUT2D eigenvalue weighted by Gasteiger charge is 2.24. The number of likely N-dealkylation sites (tertiary alicyclic amines) is 1. The average molecular weight is 343 g/mol. The summed E-state index contributed by atoms with van der Waals surface area (Å²) in [5, 5.41) is 6.89. The minimum Gasteiger partial charge on any atom is -0.372 e. The SMILES string of the molecule is CCc1cc(C(=O)N2CCC[C@@H](Cc3cnc(NC)cn3)CC2)on1. The quantitative estimate of drug-likeness (QED) is 0.898. The summed E-state index contributed by atoms with van der Waals surface area (Å²) >= 11 is 0. The van der Waals surface area contributed by atoms with Gasteiger partial charge in [0.1, 0.15) is 5.82 Å². The van der Waals surface area contributed by atoms with Gasteiger partial charge in [0, 0.05) is 26.2 Å². The van der Waals surface area contributed by atoms with Crippen molar-refractivity contribution >= 4 is 11.7 Å². The van der Waals surface area contributed by atoms with Crippen molar-refractivity contribution in [1.29, 1.82) is 0 Å². The van der Waals surface area contributed by atoms with Gasteiger partial charge in [0.25, 0.3) is 5.91 Å². The van der Waals surface area contributed by atoms with Gasteiger partial charge in [-0.2, -0.15) is 0 Å². The van der Waals surface area contributed by atoms with E-state index in [9.17, 15) is 4.79 Å². The first-order chi connectivity index (χ1) is 12.2. The smallest absolute Gasteiger partial charge is 0.292 e. The van der Waals surface area contributed by atoms with Crippen LogP contribution in [-0.4, -0.2) is 46.1 Å². The molecule has 3 heterocycles. The molecule has 3 rings (SSSR count). The van der Waals surface area contributed by atoms with E-state index in [0.29, 0.717) is 11.7 Å². The lowest BCUT2D eigenvalue weighted by molar-refractivity contribution is 0.0718. The molecule has 2 aromatic heterocycles. The van der Waals surface area contributed by atoms with Crippen molar-refractivity contribution in [1.82, 2.24) is 20.0 Å². The summed E-state index contributed by atoms with van der Waals surface area (Å²) < 4.78 is 5.19. The molecule has 25 heavy (non-hydrogen) atoms. The fourth-order valence-corrected chi connectivity index (χ4v) is 3.19. The molecule has 1 saturated heterocycles. The van der Waals surface area contributed by atoms with Crippen LogP contribution in [0.5, 0.6) is 0 Å². The van der Waals surface area contributed by atoms with Crippen LogP contribution in [0.2, 0.25) is 0 Å². The van der Waals surface area contributed by atoms with Gasteiger partial charge in [0.15, 0.2) is 0 Å². The zero-order valence-electron chi connectivity index (χ0n) is 14.9. The summed E-state index contributed by atoms with van der Waals surface area (Å²) in [4.78, 5) is 23.2. The predicted molar refractivity (Wildman–Crippen MR) is 94.4 cm³/mol. The van der Waals surface area contributed by atoms with Crippen molar-refractivity contribution in [3.05, 3.63) is 35.6 Å². The highest BCUT2D eigenvalue weighted by atomic mass is 16.5. The molecule has 0 aliphatic carbocycles. The zero-order chi connectivity index (χ0) is 17.6. The first-order valence-corrected chi connectivity index (χ1v) is 8.93. The fraction of sp³-hybridized carbons (Fsp3) is 0.556. The van der Waals surface area contributed by atoms with E-state index in [1.807, 2.05) is 25.1 Å². The van der Waals surface area contributed by atoms with Gasteiger partial charge in [-0.15, -0.1) is 0 Å². The number of aromatic nitrogens is 3. The number of amides is 1. The van der Waals surface area contributed by atoms with E-state index < -0.39 is 0 Å².